The van der Waals surface area contributed by atoms with E-state index >= 15 is 0 Å². The molecule has 0 saturated carbocycles. The number of thiazole rings is 1. The topological polar surface area (TPSA) is 96.7 Å². The smallest absolute Gasteiger partial charge is 0.271 e. The highest BCUT2D eigenvalue weighted by Gasteiger charge is 2.13. The Balaban J connectivity index is 1.32. The van der Waals surface area contributed by atoms with Gasteiger partial charge in [-0.2, -0.15) is 5.10 Å². The summed E-state index contributed by atoms with van der Waals surface area (Å²) in [6.45, 7) is 2.35. The van der Waals surface area contributed by atoms with Crippen molar-refractivity contribution in [1.29, 1.82) is 0 Å². The molecular weight excluding hydrogens is 362 g/mol. The van der Waals surface area contributed by atoms with Gasteiger partial charge in [-0.3, -0.25) is 14.9 Å². The van der Waals surface area contributed by atoms with Gasteiger partial charge in [0.1, 0.15) is 16.5 Å². The first kappa shape index (κ1) is 17.2. The number of nitrogens with zero attached hydrogens (tertiary/aromatic N) is 3. The van der Waals surface area contributed by atoms with Crippen LogP contribution < -0.4 is 5.32 Å². The summed E-state index contributed by atoms with van der Waals surface area (Å²) in [6.07, 6.45) is 4.15. The molecule has 0 fully saturated rings. The summed E-state index contributed by atoms with van der Waals surface area (Å²) in [4.78, 5) is 20.9. The lowest BCUT2D eigenvalue weighted by atomic mass is 10.2. The summed E-state index contributed by atoms with van der Waals surface area (Å²) >= 11 is 1.58. The summed E-state index contributed by atoms with van der Waals surface area (Å²) in [5, 5.41) is 12.7. The Bertz CT molecular complexity index is 1050. The lowest BCUT2D eigenvalue weighted by Crippen LogP contribution is -2.26. The minimum atomic E-state index is -0.231. The molecule has 0 spiro atoms. The third kappa shape index (κ3) is 3.95. The van der Waals surface area contributed by atoms with Crippen molar-refractivity contribution in [2.45, 2.75) is 13.3 Å². The number of amides is 1. The third-order valence-corrected chi connectivity index (χ3v) is 4.90. The Morgan fingerprint density at radius 1 is 1.26 bits per heavy atom. The Hall–Kier alpha value is -3.26. The molecule has 7 nitrogen and oxygen atoms in total. The summed E-state index contributed by atoms with van der Waals surface area (Å²) in [6, 6.07) is 9.25. The number of carbonyl (C=O) groups is 1. The van der Waals surface area contributed by atoms with Crippen LogP contribution in [0.25, 0.3) is 22.0 Å². The number of H-pyrrole nitrogens is 1. The Morgan fingerprint density at radius 2 is 2.11 bits per heavy atom. The normalized spacial score (nSPS) is 10.9. The highest BCUT2D eigenvalue weighted by atomic mass is 32.1. The van der Waals surface area contributed by atoms with E-state index in [1.807, 2.05) is 36.6 Å². The summed E-state index contributed by atoms with van der Waals surface area (Å²) in [5.41, 5.74) is 2.99. The van der Waals surface area contributed by atoms with Gasteiger partial charge in [0.05, 0.1) is 5.69 Å². The molecule has 0 atom stereocenters. The fourth-order valence-corrected chi connectivity index (χ4v) is 3.45. The first-order valence-corrected chi connectivity index (χ1v) is 9.32. The van der Waals surface area contributed by atoms with Crippen molar-refractivity contribution in [3.05, 3.63) is 65.3 Å². The van der Waals surface area contributed by atoms with Crippen LogP contribution in [0.3, 0.4) is 0 Å². The van der Waals surface area contributed by atoms with E-state index < -0.39 is 0 Å². The van der Waals surface area contributed by atoms with E-state index in [1.54, 1.807) is 29.8 Å². The van der Waals surface area contributed by atoms with Crippen LogP contribution >= 0.6 is 11.3 Å². The van der Waals surface area contributed by atoms with Gasteiger partial charge in [0.15, 0.2) is 11.5 Å². The zero-order valence-electron chi connectivity index (χ0n) is 14.6. The Morgan fingerprint density at radius 3 is 2.89 bits per heavy atom. The number of hydrogen-bond donors (Lipinski definition) is 2. The molecule has 2 N–H and O–H groups in total. The molecule has 4 aromatic rings. The molecule has 4 rings (SSSR count). The van der Waals surface area contributed by atoms with Crippen molar-refractivity contribution < 1.29 is 9.21 Å². The van der Waals surface area contributed by atoms with Crippen molar-refractivity contribution in [3.8, 4) is 22.0 Å². The highest BCUT2D eigenvalue weighted by Crippen LogP contribution is 2.23. The molecule has 0 saturated heterocycles. The second kappa shape index (κ2) is 7.55. The Kier molecular flexibility index (Phi) is 4.80. The zero-order valence-corrected chi connectivity index (χ0v) is 15.4. The molecule has 1 amide bonds. The van der Waals surface area contributed by atoms with Gasteiger partial charge in [-0.25, -0.2) is 4.98 Å². The molecule has 4 aromatic heterocycles. The second-order valence-corrected chi connectivity index (χ2v) is 6.82. The number of rotatable bonds is 6. The van der Waals surface area contributed by atoms with E-state index in [4.69, 9.17) is 4.42 Å². The zero-order chi connectivity index (χ0) is 18.6. The summed E-state index contributed by atoms with van der Waals surface area (Å²) in [5.74, 6) is 1.23. The van der Waals surface area contributed by atoms with E-state index in [9.17, 15) is 4.79 Å². The molecule has 0 bridgehead atoms. The minimum Gasteiger partial charge on any atom is -0.460 e. The van der Waals surface area contributed by atoms with Gasteiger partial charge in [0.25, 0.3) is 5.91 Å². The van der Waals surface area contributed by atoms with Crippen LogP contribution in [0, 0.1) is 6.92 Å². The molecule has 4 heterocycles. The maximum atomic E-state index is 12.3. The molecule has 8 heteroatoms. The lowest BCUT2D eigenvalue weighted by molar-refractivity contribution is 0.0949. The highest BCUT2D eigenvalue weighted by molar-refractivity contribution is 7.13. The molecule has 0 aliphatic rings. The Labute approximate surface area is 159 Å². The van der Waals surface area contributed by atoms with Crippen LogP contribution in [-0.2, 0) is 6.42 Å². The van der Waals surface area contributed by atoms with Crippen molar-refractivity contribution >= 4 is 17.2 Å². The van der Waals surface area contributed by atoms with Gasteiger partial charge in [0.2, 0.25) is 0 Å². The predicted molar refractivity (Wildman–Crippen MR) is 102 cm³/mol. The largest absolute Gasteiger partial charge is 0.460 e. The number of carbonyl (C=O) groups excluding carboxylic acids is 1. The number of aryl methyl sites for hydroxylation is 1. The molecule has 0 aliphatic heterocycles. The van der Waals surface area contributed by atoms with Gasteiger partial charge in [-0.15, -0.1) is 11.3 Å². The monoisotopic (exact) mass is 379 g/mol. The molecule has 0 radical (unpaired) electrons. The van der Waals surface area contributed by atoms with Crippen LogP contribution in [0.2, 0.25) is 0 Å². The molecule has 27 heavy (non-hydrogen) atoms. The summed E-state index contributed by atoms with van der Waals surface area (Å²) < 4.78 is 5.53. The van der Waals surface area contributed by atoms with E-state index in [1.165, 1.54) is 0 Å². The number of pyridine rings is 1. The van der Waals surface area contributed by atoms with Crippen molar-refractivity contribution in [3.63, 3.8) is 0 Å². The van der Waals surface area contributed by atoms with Crippen LogP contribution in [-0.4, -0.2) is 32.6 Å². The maximum absolute atomic E-state index is 12.3. The molecular formula is C19H17N5O2S. The maximum Gasteiger partial charge on any atom is 0.271 e. The van der Waals surface area contributed by atoms with Gasteiger partial charge < -0.3 is 9.73 Å². The average molecular weight is 379 g/mol. The molecule has 136 valence electrons. The van der Waals surface area contributed by atoms with Crippen LogP contribution in [0.15, 0.2) is 52.5 Å². The van der Waals surface area contributed by atoms with Crippen LogP contribution in [0.5, 0.6) is 0 Å². The fourth-order valence-electron chi connectivity index (χ4n) is 2.59. The van der Waals surface area contributed by atoms with Crippen molar-refractivity contribution in [2.24, 2.45) is 0 Å². The third-order valence-electron chi connectivity index (χ3n) is 3.96. The van der Waals surface area contributed by atoms with E-state index in [-0.39, 0.29) is 5.91 Å². The number of hydrogen-bond acceptors (Lipinski definition) is 6. The molecule has 0 unspecified atom stereocenters. The van der Waals surface area contributed by atoms with Gasteiger partial charge in [-0.05, 0) is 31.2 Å². The van der Waals surface area contributed by atoms with Crippen LogP contribution in [0.1, 0.15) is 21.9 Å². The van der Waals surface area contributed by atoms with Crippen molar-refractivity contribution in [1.82, 2.24) is 25.5 Å². The number of aromatic amines is 1. The SMILES string of the molecule is Cc1ccc(-c2cc(C(=O)NCCc3csc(-c4ccncc4)n3)n[nH]2)o1. The van der Waals surface area contributed by atoms with Crippen LogP contribution in [0.4, 0.5) is 0 Å². The number of nitrogens with one attached hydrogen (secondary N) is 2. The quantitative estimate of drug-likeness (QED) is 0.535. The fraction of sp³-hybridized carbons (Fsp3) is 0.158. The van der Waals surface area contributed by atoms with Gasteiger partial charge in [-0.1, -0.05) is 0 Å². The number of aromatic nitrogens is 4. The van der Waals surface area contributed by atoms with E-state index in [2.05, 4.69) is 25.5 Å². The van der Waals surface area contributed by atoms with E-state index in [0.29, 0.717) is 30.1 Å². The molecule has 0 aliphatic carbocycles. The van der Waals surface area contributed by atoms with Gasteiger partial charge >= 0.3 is 0 Å². The predicted octanol–water partition coefficient (Wildman–Crippen LogP) is 3.47. The minimum absolute atomic E-state index is 0.231. The summed E-state index contributed by atoms with van der Waals surface area (Å²) in [7, 11) is 0. The standard InChI is InChI=1S/C19H17N5O2S/c1-12-2-3-17(26-12)15-10-16(24-23-15)18(25)21-9-6-14-11-27-19(22-14)13-4-7-20-8-5-13/h2-5,7-8,10-11H,6,9H2,1H3,(H,21,25)(H,23,24). The average Bonchev–Trinajstić information content (AvgIpc) is 3.43. The second-order valence-electron chi connectivity index (χ2n) is 5.96. The van der Waals surface area contributed by atoms with Crippen molar-refractivity contribution in [2.75, 3.05) is 6.54 Å². The first-order valence-electron chi connectivity index (χ1n) is 8.44. The first-order chi connectivity index (χ1) is 13.2. The number of furan rings is 1. The lowest BCUT2D eigenvalue weighted by Gasteiger charge is -2.01. The van der Waals surface area contributed by atoms with Gasteiger partial charge in [0, 0.05) is 42.4 Å². The van der Waals surface area contributed by atoms with E-state index in [0.717, 1.165) is 22.0 Å². The molecule has 0 aromatic carbocycles.